The zero-order chi connectivity index (χ0) is 26.6. The molecule has 1 atom stereocenters. The Morgan fingerprint density at radius 3 is 2.22 bits per heavy atom. The maximum absolute atomic E-state index is 16.0. The third-order valence-electron chi connectivity index (χ3n) is 6.02. The monoisotopic (exact) mass is 532 g/mol. The molecular weight excluding hydrogens is 506 g/mol. The van der Waals surface area contributed by atoms with Gasteiger partial charge in [0.25, 0.3) is 6.43 Å². The molecule has 196 valence electrons. The molecule has 0 radical (unpaired) electrons. The van der Waals surface area contributed by atoms with E-state index in [0.717, 1.165) is 18.2 Å². The van der Waals surface area contributed by atoms with Crippen LogP contribution in [0.2, 0.25) is 0 Å². The summed E-state index contributed by atoms with van der Waals surface area (Å²) in [7, 11) is -4.02. The third kappa shape index (κ3) is 5.27. The van der Waals surface area contributed by atoms with Gasteiger partial charge in [-0.25, -0.2) is 26.3 Å². The SMILES string of the molecule is CC(C)(C)Cn1cc(C(NS(=O)(=O)C2CC2)C(F)F)c2ccc(-c3ccccc3C(F)(F)F)c(F)c21. The molecule has 4 rings (SSSR count). The summed E-state index contributed by atoms with van der Waals surface area (Å²) in [4.78, 5) is 0. The minimum atomic E-state index is -4.74. The van der Waals surface area contributed by atoms with Crippen LogP contribution in [0.15, 0.2) is 42.6 Å². The summed E-state index contributed by atoms with van der Waals surface area (Å²) in [5.74, 6) is -1.00. The Kier molecular flexibility index (Phi) is 6.70. The van der Waals surface area contributed by atoms with Crippen molar-refractivity contribution in [3.63, 3.8) is 0 Å². The van der Waals surface area contributed by atoms with Gasteiger partial charge in [-0.15, -0.1) is 0 Å². The van der Waals surface area contributed by atoms with E-state index in [1.165, 1.54) is 29.0 Å². The molecule has 2 aromatic carbocycles. The highest BCUT2D eigenvalue weighted by molar-refractivity contribution is 7.90. The smallest absolute Gasteiger partial charge is 0.344 e. The molecule has 1 heterocycles. The number of nitrogens with zero attached hydrogens (tertiary/aromatic N) is 1. The predicted octanol–water partition coefficient (Wildman–Crippen LogP) is 6.90. The molecular formula is C25H26F6N2O2S. The molecule has 0 amide bonds. The number of sulfonamides is 1. The Morgan fingerprint density at radius 1 is 1.03 bits per heavy atom. The van der Waals surface area contributed by atoms with E-state index in [-0.39, 0.29) is 34.1 Å². The molecule has 1 N–H and O–H groups in total. The fourth-order valence-electron chi connectivity index (χ4n) is 4.34. The molecule has 1 aliphatic rings. The summed E-state index contributed by atoms with van der Waals surface area (Å²) in [6, 6.07) is 5.00. The first-order chi connectivity index (χ1) is 16.6. The van der Waals surface area contributed by atoms with Crippen LogP contribution in [0.4, 0.5) is 26.3 Å². The van der Waals surface area contributed by atoms with Crippen molar-refractivity contribution in [1.29, 1.82) is 0 Å². The average molecular weight is 533 g/mol. The topological polar surface area (TPSA) is 51.1 Å². The zero-order valence-electron chi connectivity index (χ0n) is 19.8. The third-order valence-corrected chi connectivity index (χ3v) is 7.95. The van der Waals surface area contributed by atoms with Crippen molar-refractivity contribution in [2.24, 2.45) is 5.41 Å². The minimum Gasteiger partial charge on any atom is -0.344 e. The number of aromatic nitrogens is 1. The number of rotatable bonds is 7. The van der Waals surface area contributed by atoms with Crippen molar-refractivity contribution >= 4 is 20.9 Å². The fourth-order valence-corrected chi connectivity index (χ4v) is 5.87. The second-order valence-corrected chi connectivity index (χ2v) is 12.3. The van der Waals surface area contributed by atoms with Crippen LogP contribution in [-0.2, 0) is 22.7 Å². The maximum atomic E-state index is 16.0. The van der Waals surface area contributed by atoms with Gasteiger partial charge in [-0.2, -0.15) is 13.2 Å². The molecule has 4 nitrogen and oxygen atoms in total. The molecule has 0 spiro atoms. The molecule has 1 aliphatic carbocycles. The van der Waals surface area contributed by atoms with Gasteiger partial charge in [-0.1, -0.05) is 51.1 Å². The quantitative estimate of drug-likeness (QED) is 0.337. The Balaban J connectivity index is 1.94. The summed E-state index contributed by atoms with van der Waals surface area (Å²) < 4.78 is 114. The summed E-state index contributed by atoms with van der Waals surface area (Å²) >= 11 is 0. The highest BCUT2D eigenvalue weighted by atomic mass is 32.2. The lowest BCUT2D eigenvalue weighted by Gasteiger charge is -2.20. The van der Waals surface area contributed by atoms with E-state index < -0.39 is 50.7 Å². The Labute approximate surface area is 205 Å². The molecule has 1 saturated carbocycles. The molecule has 0 saturated heterocycles. The van der Waals surface area contributed by atoms with Gasteiger partial charge in [-0.05, 0) is 29.9 Å². The van der Waals surface area contributed by atoms with Crippen molar-refractivity contribution in [2.75, 3.05) is 0 Å². The zero-order valence-corrected chi connectivity index (χ0v) is 20.7. The highest BCUT2D eigenvalue weighted by Gasteiger charge is 2.40. The van der Waals surface area contributed by atoms with Gasteiger partial charge in [0.2, 0.25) is 10.0 Å². The summed E-state index contributed by atoms with van der Waals surface area (Å²) in [5.41, 5.74) is -2.49. The van der Waals surface area contributed by atoms with Crippen LogP contribution in [-0.4, -0.2) is 24.7 Å². The normalized spacial score (nSPS) is 16.2. The number of hydrogen-bond donors (Lipinski definition) is 1. The number of halogens is 6. The van der Waals surface area contributed by atoms with Gasteiger partial charge in [0.15, 0.2) is 5.82 Å². The Bertz CT molecular complexity index is 1390. The van der Waals surface area contributed by atoms with Crippen LogP contribution >= 0.6 is 0 Å². The predicted molar refractivity (Wildman–Crippen MR) is 126 cm³/mol. The van der Waals surface area contributed by atoms with E-state index in [9.17, 15) is 30.4 Å². The second-order valence-electron chi connectivity index (χ2n) is 10.3. The molecule has 36 heavy (non-hydrogen) atoms. The van der Waals surface area contributed by atoms with Crippen molar-refractivity contribution in [3.8, 4) is 11.1 Å². The lowest BCUT2D eigenvalue weighted by Crippen LogP contribution is -2.35. The summed E-state index contributed by atoms with van der Waals surface area (Å²) in [5, 5.41) is -0.738. The van der Waals surface area contributed by atoms with Crippen molar-refractivity contribution in [1.82, 2.24) is 9.29 Å². The Hall–Kier alpha value is -2.53. The highest BCUT2D eigenvalue weighted by Crippen LogP contribution is 2.42. The van der Waals surface area contributed by atoms with E-state index in [0.29, 0.717) is 12.8 Å². The van der Waals surface area contributed by atoms with Crippen LogP contribution in [0.3, 0.4) is 0 Å². The molecule has 1 aromatic heterocycles. The van der Waals surface area contributed by atoms with Gasteiger partial charge in [0.1, 0.15) is 6.04 Å². The van der Waals surface area contributed by atoms with Gasteiger partial charge < -0.3 is 4.57 Å². The first-order valence-electron chi connectivity index (χ1n) is 11.4. The minimum absolute atomic E-state index is 0.00814. The van der Waals surface area contributed by atoms with Gasteiger partial charge in [0, 0.05) is 29.3 Å². The molecule has 0 aliphatic heterocycles. The lowest BCUT2D eigenvalue weighted by molar-refractivity contribution is -0.137. The van der Waals surface area contributed by atoms with E-state index in [1.54, 1.807) is 0 Å². The van der Waals surface area contributed by atoms with Gasteiger partial charge >= 0.3 is 6.18 Å². The van der Waals surface area contributed by atoms with Crippen molar-refractivity contribution in [3.05, 3.63) is 59.5 Å². The van der Waals surface area contributed by atoms with Crippen LogP contribution in [0.25, 0.3) is 22.0 Å². The van der Waals surface area contributed by atoms with Crippen LogP contribution in [0.5, 0.6) is 0 Å². The van der Waals surface area contributed by atoms with E-state index in [1.807, 2.05) is 20.8 Å². The van der Waals surface area contributed by atoms with Crippen molar-refractivity contribution < 1.29 is 34.8 Å². The standard InChI is InChI=1S/C25H26F6N2O2S/c1-24(2,3)13-33-12-18(21(23(27)28)32-36(34,35)14-8-9-14)17-11-10-16(20(26)22(17)33)15-6-4-5-7-19(15)25(29,30)31/h4-7,10-12,14,21,23,32H,8-9,13H2,1-3H3. The van der Waals surface area contributed by atoms with Gasteiger partial charge in [0.05, 0.1) is 16.3 Å². The van der Waals surface area contributed by atoms with Crippen LogP contribution in [0, 0.1) is 11.2 Å². The average Bonchev–Trinajstić information content (AvgIpc) is 3.55. The second kappa shape index (κ2) is 9.09. The number of alkyl halides is 5. The van der Waals surface area contributed by atoms with E-state index in [4.69, 9.17) is 0 Å². The molecule has 3 aromatic rings. The molecule has 1 fully saturated rings. The van der Waals surface area contributed by atoms with Crippen LogP contribution < -0.4 is 4.72 Å². The fraction of sp³-hybridized carbons (Fsp3) is 0.440. The van der Waals surface area contributed by atoms with Crippen LogP contribution in [0.1, 0.15) is 50.8 Å². The van der Waals surface area contributed by atoms with Gasteiger partial charge in [-0.3, -0.25) is 0 Å². The van der Waals surface area contributed by atoms with E-state index >= 15 is 4.39 Å². The summed E-state index contributed by atoms with van der Waals surface area (Å²) in [6.07, 6.45) is -5.87. The molecule has 0 bridgehead atoms. The number of fused-ring (bicyclic) bond motifs is 1. The van der Waals surface area contributed by atoms with E-state index in [2.05, 4.69) is 4.72 Å². The lowest BCUT2D eigenvalue weighted by atomic mass is 9.95. The first kappa shape index (κ1) is 26.5. The Morgan fingerprint density at radius 2 is 1.67 bits per heavy atom. The maximum Gasteiger partial charge on any atom is 0.417 e. The summed E-state index contributed by atoms with van der Waals surface area (Å²) in [6.45, 7) is 5.65. The number of hydrogen-bond acceptors (Lipinski definition) is 2. The van der Waals surface area contributed by atoms with Crippen molar-refractivity contribution in [2.45, 2.75) is 64.1 Å². The first-order valence-corrected chi connectivity index (χ1v) is 12.9. The largest absolute Gasteiger partial charge is 0.417 e. The molecule has 1 unspecified atom stereocenters. The number of nitrogens with one attached hydrogen (secondary N) is 1. The molecule has 11 heteroatoms. The number of benzene rings is 2.